The van der Waals surface area contributed by atoms with Gasteiger partial charge in [-0.2, -0.15) is 0 Å². The number of nitrogens with two attached hydrogens (primary N) is 1. The van der Waals surface area contributed by atoms with Crippen molar-refractivity contribution in [2.45, 2.75) is 13.3 Å². The number of carbonyl (C=O) groups is 3. The van der Waals surface area contributed by atoms with Gasteiger partial charge in [0.1, 0.15) is 5.75 Å². The lowest BCUT2D eigenvalue weighted by Gasteiger charge is -2.34. The van der Waals surface area contributed by atoms with E-state index in [4.69, 9.17) is 10.5 Å². The standard InChI is InChI=1S/C22H25N3O4/c1-16(26)24-10-12-25(13-11-24)22(28)18-6-4-5-17(15-18)9-14-29-20-8-3-2-7-19(20)21(23)27/h2-8,15H,9-14H2,1H3,(H2,23,27). The van der Waals surface area contributed by atoms with Crippen LogP contribution in [-0.2, 0) is 11.2 Å². The van der Waals surface area contributed by atoms with Crippen LogP contribution in [0.1, 0.15) is 33.2 Å². The Morgan fingerprint density at radius 1 is 0.966 bits per heavy atom. The molecule has 3 rings (SSSR count). The Morgan fingerprint density at radius 2 is 1.66 bits per heavy atom. The summed E-state index contributed by atoms with van der Waals surface area (Å²) in [6.07, 6.45) is 0.590. The SMILES string of the molecule is CC(=O)N1CCN(C(=O)c2cccc(CCOc3ccccc3C(N)=O)c2)CC1. The minimum absolute atomic E-state index is 0.0324. The zero-order valence-electron chi connectivity index (χ0n) is 16.5. The van der Waals surface area contributed by atoms with Crippen LogP contribution in [0, 0.1) is 0 Å². The highest BCUT2D eigenvalue weighted by molar-refractivity contribution is 5.95. The third-order valence-electron chi connectivity index (χ3n) is 4.99. The number of para-hydroxylation sites is 1. The van der Waals surface area contributed by atoms with Gasteiger partial charge in [-0.3, -0.25) is 14.4 Å². The van der Waals surface area contributed by atoms with E-state index in [0.29, 0.717) is 56.1 Å². The van der Waals surface area contributed by atoms with E-state index in [-0.39, 0.29) is 11.8 Å². The van der Waals surface area contributed by atoms with Crippen LogP contribution < -0.4 is 10.5 Å². The largest absolute Gasteiger partial charge is 0.492 e. The molecule has 0 aromatic heterocycles. The number of benzene rings is 2. The molecule has 0 saturated carbocycles. The molecule has 152 valence electrons. The van der Waals surface area contributed by atoms with Crippen molar-refractivity contribution in [2.24, 2.45) is 5.73 Å². The predicted octanol–water partition coefficient (Wildman–Crippen LogP) is 1.71. The summed E-state index contributed by atoms with van der Waals surface area (Å²) in [6, 6.07) is 14.3. The molecule has 0 atom stereocenters. The molecule has 0 unspecified atom stereocenters. The number of rotatable bonds is 6. The van der Waals surface area contributed by atoms with Gasteiger partial charge in [0.2, 0.25) is 5.91 Å². The Balaban J connectivity index is 1.58. The van der Waals surface area contributed by atoms with Crippen LogP contribution in [0.25, 0.3) is 0 Å². The van der Waals surface area contributed by atoms with E-state index >= 15 is 0 Å². The van der Waals surface area contributed by atoms with Crippen molar-refractivity contribution >= 4 is 17.7 Å². The minimum atomic E-state index is -0.530. The Morgan fingerprint density at radius 3 is 2.34 bits per heavy atom. The molecule has 1 fully saturated rings. The van der Waals surface area contributed by atoms with Crippen LogP contribution in [0.15, 0.2) is 48.5 Å². The van der Waals surface area contributed by atoms with Crippen molar-refractivity contribution in [2.75, 3.05) is 32.8 Å². The molecule has 2 aromatic rings. The zero-order valence-corrected chi connectivity index (χ0v) is 16.5. The quantitative estimate of drug-likeness (QED) is 0.806. The summed E-state index contributed by atoms with van der Waals surface area (Å²) >= 11 is 0. The fourth-order valence-electron chi connectivity index (χ4n) is 3.34. The third kappa shape index (κ3) is 5.13. The van der Waals surface area contributed by atoms with E-state index in [1.54, 1.807) is 47.1 Å². The first-order valence-electron chi connectivity index (χ1n) is 9.61. The average Bonchev–Trinajstić information content (AvgIpc) is 2.73. The topological polar surface area (TPSA) is 92.9 Å². The van der Waals surface area contributed by atoms with Gasteiger partial charge < -0.3 is 20.3 Å². The van der Waals surface area contributed by atoms with Gasteiger partial charge in [0, 0.05) is 45.1 Å². The number of carbonyl (C=O) groups excluding carboxylic acids is 3. The lowest BCUT2D eigenvalue weighted by Crippen LogP contribution is -2.50. The van der Waals surface area contributed by atoms with Crippen molar-refractivity contribution in [1.82, 2.24) is 9.80 Å². The van der Waals surface area contributed by atoms with Crippen LogP contribution in [0.5, 0.6) is 5.75 Å². The normalized spacial score (nSPS) is 13.8. The molecule has 2 N–H and O–H groups in total. The predicted molar refractivity (Wildman–Crippen MR) is 109 cm³/mol. The number of piperazine rings is 1. The first-order valence-corrected chi connectivity index (χ1v) is 9.61. The van der Waals surface area contributed by atoms with Crippen LogP contribution in [0.4, 0.5) is 0 Å². The Bertz CT molecular complexity index is 904. The molecule has 7 heteroatoms. The molecular weight excluding hydrogens is 370 g/mol. The van der Waals surface area contributed by atoms with E-state index in [1.165, 1.54) is 0 Å². The van der Waals surface area contributed by atoms with Crippen molar-refractivity contribution in [3.05, 3.63) is 65.2 Å². The van der Waals surface area contributed by atoms with E-state index < -0.39 is 5.91 Å². The molecule has 0 spiro atoms. The maximum atomic E-state index is 12.8. The van der Waals surface area contributed by atoms with Crippen molar-refractivity contribution in [3.8, 4) is 5.75 Å². The van der Waals surface area contributed by atoms with E-state index in [1.807, 2.05) is 18.2 Å². The van der Waals surface area contributed by atoms with Crippen LogP contribution in [0.3, 0.4) is 0 Å². The molecule has 0 radical (unpaired) electrons. The summed E-state index contributed by atoms with van der Waals surface area (Å²) in [4.78, 5) is 39.2. The maximum Gasteiger partial charge on any atom is 0.253 e. The highest BCUT2D eigenvalue weighted by Gasteiger charge is 2.23. The second-order valence-electron chi connectivity index (χ2n) is 6.96. The van der Waals surface area contributed by atoms with Crippen LogP contribution >= 0.6 is 0 Å². The number of hydrogen-bond donors (Lipinski definition) is 1. The molecule has 1 aliphatic rings. The summed E-state index contributed by atoms with van der Waals surface area (Å²) in [5.74, 6) is -0.0688. The molecule has 29 heavy (non-hydrogen) atoms. The molecule has 1 aliphatic heterocycles. The van der Waals surface area contributed by atoms with Gasteiger partial charge in [-0.15, -0.1) is 0 Å². The lowest BCUT2D eigenvalue weighted by atomic mass is 10.1. The molecule has 2 aromatic carbocycles. The summed E-state index contributed by atoms with van der Waals surface area (Å²) in [5.41, 5.74) is 7.30. The monoisotopic (exact) mass is 395 g/mol. The summed E-state index contributed by atoms with van der Waals surface area (Å²) in [7, 11) is 0. The van der Waals surface area contributed by atoms with Crippen LogP contribution in [-0.4, -0.2) is 60.3 Å². The summed E-state index contributed by atoms with van der Waals surface area (Å²) < 4.78 is 5.72. The fourth-order valence-corrected chi connectivity index (χ4v) is 3.34. The second-order valence-corrected chi connectivity index (χ2v) is 6.96. The molecule has 0 bridgehead atoms. The lowest BCUT2D eigenvalue weighted by molar-refractivity contribution is -0.130. The van der Waals surface area contributed by atoms with Crippen molar-refractivity contribution in [1.29, 1.82) is 0 Å². The van der Waals surface area contributed by atoms with Gasteiger partial charge in [-0.1, -0.05) is 24.3 Å². The molecular formula is C22H25N3O4. The van der Waals surface area contributed by atoms with Gasteiger partial charge in [0.05, 0.1) is 12.2 Å². The highest BCUT2D eigenvalue weighted by Crippen LogP contribution is 2.18. The van der Waals surface area contributed by atoms with Crippen LogP contribution in [0.2, 0.25) is 0 Å². The summed E-state index contributed by atoms with van der Waals surface area (Å²) in [5, 5.41) is 0. The van der Waals surface area contributed by atoms with Gasteiger partial charge in [0.25, 0.3) is 11.8 Å². The number of primary amides is 1. The van der Waals surface area contributed by atoms with Gasteiger partial charge in [-0.05, 0) is 29.8 Å². The second kappa shape index (κ2) is 9.23. The van der Waals surface area contributed by atoms with Gasteiger partial charge >= 0.3 is 0 Å². The number of ether oxygens (including phenoxy) is 1. The molecule has 3 amide bonds. The minimum Gasteiger partial charge on any atom is -0.492 e. The van der Waals surface area contributed by atoms with Crippen molar-refractivity contribution in [3.63, 3.8) is 0 Å². The fraction of sp³-hybridized carbons (Fsp3) is 0.318. The smallest absolute Gasteiger partial charge is 0.253 e. The molecule has 7 nitrogen and oxygen atoms in total. The van der Waals surface area contributed by atoms with E-state index in [0.717, 1.165) is 5.56 Å². The average molecular weight is 395 g/mol. The Kier molecular flexibility index (Phi) is 6.49. The van der Waals surface area contributed by atoms with E-state index in [9.17, 15) is 14.4 Å². The zero-order chi connectivity index (χ0) is 20.8. The Hall–Kier alpha value is -3.35. The van der Waals surface area contributed by atoms with Gasteiger partial charge in [0.15, 0.2) is 0 Å². The van der Waals surface area contributed by atoms with E-state index in [2.05, 4.69) is 0 Å². The summed E-state index contributed by atoms with van der Waals surface area (Å²) in [6.45, 7) is 4.11. The molecule has 0 aliphatic carbocycles. The maximum absolute atomic E-state index is 12.8. The first kappa shape index (κ1) is 20.4. The molecule has 1 saturated heterocycles. The number of hydrogen-bond acceptors (Lipinski definition) is 4. The first-order chi connectivity index (χ1) is 14.0. The number of nitrogens with zero attached hydrogens (tertiary/aromatic N) is 2. The molecule has 1 heterocycles. The highest BCUT2D eigenvalue weighted by atomic mass is 16.5. The third-order valence-corrected chi connectivity index (χ3v) is 4.99. The van der Waals surface area contributed by atoms with Gasteiger partial charge in [-0.25, -0.2) is 0 Å². The van der Waals surface area contributed by atoms with Crippen molar-refractivity contribution < 1.29 is 19.1 Å². The Labute approximate surface area is 170 Å². The number of amides is 3.